The molecule has 216 valence electrons. The van der Waals surface area contributed by atoms with Crippen molar-refractivity contribution < 1.29 is 34.8 Å². The average molecular weight is 600 g/mol. The van der Waals surface area contributed by atoms with E-state index in [4.69, 9.17) is 0 Å². The van der Waals surface area contributed by atoms with Gasteiger partial charge in [0.15, 0.2) is 0 Å². The molecule has 0 saturated carbocycles. The Hall–Kier alpha value is -3.27. The monoisotopic (exact) mass is 599 g/mol. The Kier molecular flexibility index (Phi) is 8.68. The summed E-state index contributed by atoms with van der Waals surface area (Å²) in [5.41, 5.74) is 0.540. The fraction of sp³-hybridized carbons (Fsp3) is 0.360. The third-order valence-corrected chi connectivity index (χ3v) is 9.48. The molecule has 1 amide bonds. The number of imidazole rings is 1. The maximum absolute atomic E-state index is 13.0. The second-order valence-electron chi connectivity index (χ2n) is 9.39. The van der Waals surface area contributed by atoms with Gasteiger partial charge in [0.05, 0.1) is 34.2 Å². The van der Waals surface area contributed by atoms with Gasteiger partial charge in [-0.05, 0) is 48.2 Å². The first-order valence-corrected chi connectivity index (χ1v) is 15.3. The van der Waals surface area contributed by atoms with E-state index in [2.05, 4.69) is 21.6 Å². The van der Waals surface area contributed by atoms with E-state index < -0.39 is 31.8 Å². The van der Waals surface area contributed by atoms with Crippen molar-refractivity contribution in [3.8, 4) is 0 Å². The molecule has 1 unspecified atom stereocenters. The van der Waals surface area contributed by atoms with Crippen LogP contribution in [0.1, 0.15) is 17.5 Å². The fourth-order valence-corrected chi connectivity index (χ4v) is 6.50. The summed E-state index contributed by atoms with van der Waals surface area (Å²) >= 11 is 0. The summed E-state index contributed by atoms with van der Waals surface area (Å²) in [5.74, 6) is -0.464. The first-order valence-electron chi connectivity index (χ1n) is 12.3. The summed E-state index contributed by atoms with van der Waals surface area (Å²) < 4.78 is 93.1. The van der Waals surface area contributed by atoms with Crippen molar-refractivity contribution in [3.63, 3.8) is 0 Å². The number of amides is 1. The van der Waals surface area contributed by atoms with E-state index in [1.165, 1.54) is 28.8 Å². The minimum absolute atomic E-state index is 0.00911. The van der Waals surface area contributed by atoms with Gasteiger partial charge in [0, 0.05) is 38.1 Å². The van der Waals surface area contributed by atoms with Crippen LogP contribution in [0.15, 0.2) is 65.7 Å². The molecule has 1 fully saturated rings. The molecular formula is C25H28F3N5O5S2. The number of nitrogens with zero attached hydrogens (tertiary/aromatic N) is 3. The maximum atomic E-state index is 13.0. The summed E-state index contributed by atoms with van der Waals surface area (Å²) in [6, 6.07) is 9.27. The van der Waals surface area contributed by atoms with Crippen molar-refractivity contribution in [3.05, 3.63) is 71.9 Å². The lowest BCUT2D eigenvalue weighted by atomic mass is 10.1. The van der Waals surface area contributed by atoms with Crippen LogP contribution in [0.4, 0.5) is 13.2 Å². The van der Waals surface area contributed by atoms with Crippen molar-refractivity contribution in [1.29, 1.82) is 0 Å². The highest BCUT2D eigenvalue weighted by Gasteiger charge is 2.33. The molecule has 0 spiro atoms. The third kappa shape index (κ3) is 7.08. The van der Waals surface area contributed by atoms with Gasteiger partial charge in [-0.15, -0.1) is 0 Å². The van der Waals surface area contributed by atoms with E-state index >= 15 is 0 Å². The number of carbonyl (C=O) groups excluding carboxylic acids is 1. The van der Waals surface area contributed by atoms with Crippen LogP contribution >= 0.6 is 0 Å². The largest absolute Gasteiger partial charge is 0.416 e. The summed E-state index contributed by atoms with van der Waals surface area (Å²) in [6.45, 7) is 4.31. The van der Waals surface area contributed by atoms with Crippen LogP contribution in [0, 0.1) is 5.92 Å². The summed E-state index contributed by atoms with van der Waals surface area (Å²) in [5, 5.41) is 3.55. The van der Waals surface area contributed by atoms with Gasteiger partial charge in [-0.2, -0.15) is 17.5 Å². The van der Waals surface area contributed by atoms with Crippen molar-refractivity contribution >= 4 is 37.0 Å². The normalized spacial score (nSPS) is 16.8. The molecular weight excluding hydrogens is 571 g/mol. The zero-order chi connectivity index (χ0) is 29.1. The highest BCUT2D eigenvalue weighted by atomic mass is 32.2. The van der Waals surface area contributed by atoms with E-state index in [9.17, 15) is 34.8 Å². The Morgan fingerprint density at radius 2 is 1.85 bits per heavy atom. The lowest BCUT2D eigenvalue weighted by molar-refractivity contribution is -0.137. The van der Waals surface area contributed by atoms with Crippen LogP contribution in [0.25, 0.3) is 11.0 Å². The molecule has 0 radical (unpaired) electrons. The number of hydrogen-bond acceptors (Lipinski definition) is 6. The van der Waals surface area contributed by atoms with Crippen LogP contribution < -0.4 is 10.0 Å². The lowest BCUT2D eigenvalue weighted by Gasteiger charge is -2.17. The third-order valence-electron chi connectivity index (χ3n) is 6.59. The molecule has 2 N–H and O–H groups in total. The Balaban J connectivity index is 1.27. The summed E-state index contributed by atoms with van der Waals surface area (Å²) in [6.07, 6.45) is -2.52. The van der Waals surface area contributed by atoms with Crippen molar-refractivity contribution in [2.75, 3.05) is 26.2 Å². The maximum Gasteiger partial charge on any atom is 0.416 e. The minimum Gasteiger partial charge on any atom is -0.354 e. The first-order chi connectivity index (χ1) is 18.8. The Morgan fingerprint density at radius 3 is 2.52 bits per heavy atom. The van der Waals surface area contributed by atoms with Gasteiger partial charge < -0.3 is 9.88 Å². The van der Waals surface area contributed by atoms with E-state index in [1.54, 1.807) is 16.7 Å². The van der Waals surface area contributed by atoms with Crippen LogP contribution in [0.5, 0.6) is 0 Å². The van der Waals surface area contributed by atoms with E-state index in [-0.39, 0.29) is 54.8 Å². The SMILES string of the molecule is C=CS(=O)(=O)NCC1CCN(S(=O)(=O)c2ccc(CC(=O)NCCn3cnc4cc(C(F)(F)F)ccc43)cc2)C1. The molecule has 1 aliphatic rings. The molecule has 10 nitrogen and oxygen atoms in total. The molecule has 40 heavy (non-hydrogen) atoms. The van der Waals surface area contributed by atoms with Gasteiger partial charge in [-0.3, -0.25) is 4.79 Å². The van der Waals surface area contributed by atoms with E-state index in [1.807, 2.05) is 0 Å². The number of hydrogen-bond donors (Lipinski definition) is 2. The molecule has 2 heterocycles. The molecule has 1 aliphatic heterocycles. The molecule has 1 aromatic heterocycles. The molecule has 1 saturated heterocycles. The zero-order valence-electron chi connectivity index (χ0n) is 21.3. The second-order valence-corrected chi connectivity index (χ2v) is 13.0. The summed E-state index contributed by atoms with van der Waals surface area (Å²) in [7, 11) is -7.36. The molecule has 0 bridgehead atoms. The number of benzene rings is 2. The summed E-state index contributed by atoms with van der Waals surface area (Å²) in [4.78, 5) is 16.5. The topological polar surface area (TPSA) is 130 Å². The van der Waals surface area contributed by atoms with Gasteiger partial charge in [0.25, 0.3) is 0 Å². The van der Waals surface area contributed by atoms with Gasteiger partial charge in [-0.25, -0.2) is 26.5 Å². The highest BCUT2D eigenvalue weighted by Crippen LogP contribution is 2.31. The van der Waals surface area contributed by atoms with Crippen LogP contribution in [-0.2, 0) is 44.0 Å². The molecule has 2 aromatic carbocycles. The van der Waals surface area contributed by atoms with Gasteiger partial charge >= 0.3 is 6.18 Å². The molecule has 3 aromatic rings. The number of nitrogens with one attached hydrogen (secondary N) is 2. The molecule has 4 rings (SSSR count). The molecule has 15 heteroatoms. The molecule has 0 aliphatic carbocycles. The highest BCUT2D eigenvalue weighted by molar-refractivity contribution is 7.92. The predicted octanol–water partition coefficient (Wildman–Crippen LogP) is 2.49. The predicted molar refractivity (Wildman–Crippen MR) is 142 cm³/mol. The van der Waals surface area contributed by atoms with Crippen LogP contribution in [0.2, 0.25) is 0 Å². The minimum atomic E-state index is -4.46. The Morgan fingerprint density at radius 1 is 1.12 bits per heavy atom. The number of alkyl halides is 3. The van der Waals surface area contributed by atoms with Gasteiger partial charge in [-0.1, -0.05) is 18.7 Å². The smallest absolute Gasteiger partial charge is 0.354 e. The number of rotatable bonds is 11. The number of carbonyl (C=O) groups is 1. The van der Waals surface area contributed by atoms with Crippen LogP contribution in [-0.4, -0.2) is 62.8 Å². The number of aromatic nitrogens is 2. The van der Waals surface area contributed by atoms with Gasteiger partial charge in [0.1, 0.15) is 0 Å². The number of sulfonamides is 2. The zero-order valence-corrected chi connectivity index (χ0v) is 22.9. The molecule has 1 atom stereocenters. The van der Waals surface area contributed by atoms with E-state index in [0.29, 0.717) is 24.0 Å². The Bertz CT molecular complexity index is 1600. The average Bonchev–Trinajstić information content (AvgIpc) is 3.55. The van der Waals surface area contributed by atoms with Crippen molar-refractivity contribution in [2.24, 2.45) is 5.92 Å². The second kappa shape index (κ2) is 11.7. The van der Waals surface area contributed by atoms with Crippen LogP contribution in [0.3, 0.4) is 0 Å². The number of halogens is 3. The standard InChI is InChI=1S/C25H28F3N5O5S2/c1-2-39(35,36)31-15-19-9-11-33(16-19)40(37,38)21-6-3-18(4-7-21)13-24(34)29-10-12-32-17-30-22-14-20(25(26,27)28)5-8-23(22)32/h2-8,14,17,19,31H,1,9-13,15-16H2,(H,29,34). The first kappa shape index (κ1) is 29.7. The van der Waals surface area contributed by atoms with E-state index in [0.717, 1.165) is 17.5 Å². The lowest BCUT2D eigenvalue weighted by Crippen LogP contribution is -2.32. The van der Waals surface area contributed by atoms with Gasteiger partial charge in [0.2, 0.25) is 26.0 Å². The quantitative estimate of drug-likeness (QED) is 0.348. The fourth-order valence-electron chi connectivity index (χ4n) is 4.39. The van der Waals surface area contributed by atoms with Crippen molar-refractivity contribution in [1.82, 2.24) is 23.9 Å². The number of fused-ring (bicyclic) bond motifs is 1. The Labute approximate surface area is 230 Å². The van der Waals surface area contributed by atoms with Crippen molar-refractivity contribution in [2.45, 2.75) is 30.5 Å².